The van der Waals surface area contributed by atoms with Gasteiger partial charge in [0.15, 0.2) is 0 Å². The maximum absolute atomic E-state index is 13.0. The van der Waals surface area contributed by atoms with Crippen LogP contribution in [-0.4, -0.2) is 54.3 Å². The van der Waals surface area contributed by atoms with Crippen molar-refractivity contribution in [2.45, 2.75) is 51.2 Å². The molecule has 7 nitrogen and oxygen atoms in total. The summed E-state index contributed by atoms with van der Waals surface area (Å²) in [5.74, 6) is -0.0200. The summed E-state index contributed by atoms with van der Waals surface area (Å²) < 4.78 is 0.790. The van der Waals surface area contributed by atoms with Gasteiger partial charge in [0.2, 0.25) is 11.8 Å². The Bertz CT molecular complexity index is 783. The van der Waals surface area contributed by atoms with Crippen LogP contribution in [0.2, 0.25) is 0 Å². The van der Waals surface area contributed by atoms with Crippen molar-refractivity contribution in [1.82, 2.24) is 15.5 Å². The van der Waals surface area contributed by atoms with Crippen molar-refractivity contribution in [3.05, 3.63) is 28.2 Å². The molecule has 3 amide bonds. The van der Waals surface area contributed by atoms with E-state index in [1.54, 1.807) is 30.1 Å². The number of rotatable bonds is 5. The second-order valence-corrected chi connectivity index (χ2v) is 8.81. The number of hydrogen-bond acceptors (Lipinski definition) is 4. The Labute approximate surface area is 173 Å². The highest BCUT2D eigenvalue weighted by atomic mass is 79.9. The normalized spacial score (nSPS) is 22.8. The molecule has 0 saturated carbocycles. The van der Waals surface area contributed by atoms with E-state index in [0.29, 0.717) is 36.6 Å². The number of carbonyl (C=O) groups excluding carboxylic acids is 3. The van der Waals surface area contributed by atoms with Crippen LogP contribution < -0.4 is 16.0 Å². The van der Waals surface area contributed by atoms with Crippen LogP contribution in [0.3, 0.4) is 0 Å². The number of carbonyl (C=O) groups is 3. The first-order valence-corrected chi connectivity index (χ1v) is 10.5. The standard InChI is InChI=1S/C20H27BrN4O3/c1-11(2)8-16(22-3)18(26)23-13-6-7-25-17(10-13)19(27)24-15-5-4-12(21)9-14(15)20(25)28/h4-5,9,11,13,16-17,22H,6-8,10H2,1-3H3,(H,23,26)(H,24,27). The lowest BCUT2D eigenvalue weighted by Gasteiger charge is -2.37. The molecule has 0 bridgehead atoms. The maximum atomic E-state index is 13.0. The van der Waals surface area contributed by atoms with Gasteiger partial charge in [0.25, 0.3) is 5.91 Å². The highest BCUT2D eigenvalue weighted by Gasteiger charge is 2.40. The molecular formula is C20H27BrN4O3. The van der Waals surface area contributed by atoms with Crippen LogP contribution in [0.4, 0.5) is 5.69 Å². The average molecular weight is 451 g/mol. The van der Waals surface area contributed by atoms with Gasteiger partial charge in [-0.25, -0.2) is 0 Å². The van der Waals surface area contributed by atoms with E-state index >= 15 is 0 Å². The second-order valence-electron chi connectivity index (χ2n) is 7.89. The van der Waals surface area contributed by atoms with Gasteiger partial charge in [-0.3, -0.25) is 14.4 Å². The van der Waals surface area contributed by atoms with E-state index in [9.17, 15) is 14.4 Å². The predicted molar refractivity (Wildman–Crippen MR) is 111 cm³/mol. The zero-order chi connectivity index (χ0) is 20.4. The molecule has 0 aliphatic carbocycles. The molecule has 3 unspecified atom stereocenters. The maximum Gasteiger partial charge on any atom is 0.256 e. The van der Waals surface area contributed by atoms with E-state index in [1.165, 1.54) is 0 Å². The molecule has 2 aliphatic rings. The first-order chi connectivity index (χ1) is 13.3. The summed E-state index contributed by atoms with van der Waals surface area (Å²) in [6.45, 7) is 4.59. The first-order valence-electron chi connectivity index (χ1n) is 9.69. The molecule has 8 heteroatoms. The minimum absolute atomic E-state index is 0.0535. The molecular weight excluding hydrogens is 424 g/mol. The topological polar surface area (TPSA) is 90.5 Å². The van der Waals surface area contributed by atoms with Crippen LogP contribution in [0.25, 0.3) is 0 Å². The molecule has 0 spiro atoms. The van der Waals surface area contributed by atoms with Gasteiger partial charge in [-0.2, -0.15) is 0 Å². The highest BCUT2D eigenvalue weighted by molar-refractivity contribution is 9.10. The zero-order valence-corrected chi connectivity index (χ0v) is 18.0. The molecule has 1 aromatic carbocycles. The number of anilines is 1. The molecule has 152 valence electrons. The predicted octanol–water partition coefficient (Wildman–Crippen LogP) is 2.12. The second kappa shape index (κ2) is 8.61. The molecule has 3 rings (SSSR count). The summed E-state index contributed by atoms with van der Waals surface area (Å²) in [5.41, 5.74) is 1.01. The lowest BCUT2D eigenvalue weighted by atomic mass is 9.95. The fourth-order valence-electron chi connectivity index (χ4n) is 3.89. The lowest BCUT2D eigenvalue weighted by molar-refractivity contribution is -0.126. The molecule has 2 heterocycles. The Hall–Kier alpha value is -1.93. The van der Waals surface area contributed by atoms with Crippen LogP contribution in [0.5, 0.6) is 0 Å². The van der Waals surface area contributed by atoms with Gasteiger partial charge in [0.05, 0.1) is 17.3 Å². The number of hydrogen-bond donors (Lipinski definition) is 3. The number of fused-ring (bicyclic) bond motifs is 2. The third kappa shape index (κ3) is 4.38. The number of likely N-dealkylation sites (N-methyl/N-ethyl adjacent to an activating group) is 1. The van der Waals surface area contributed by atoms with Crippen molar-refractivity contribution in [2.24, 2.45) is 5.92 Å². The monoisotopic (exact) mass is 450 g/mol. The summed E-state index contributed by atoms with van der Waals surface area (Å²) >= 11 is 3.38. The summed E-state index contributed by atoms with van der Waals surface area (Å²) in [6.07, 6.45) is 1.78. The van der Waals surface area contributed by atoms with Crippen molar-refractivity contribution in [3.8, 4) is 0 Å². The van der Waals surface area contributed by atoms with Crippen LogP contribution in [0, 0.1) is 5.92 Å². The van der Waals surface area contributed by atoms with E-state index in [1.807, 2.05) is 0 Å². The fourth-order valence-corrected chi connectivity index (χ4v) is 4.25. The SMILES string of the molecule is CNC(CC(C)C)C(=O)NC1CCN2C(=O)c3cc(Br)ccc3NC(=O)C2C1. The summed E-state index contributed by atoms with van der Waals surface area (Å²) in [5, 5.41) is 9.00. The van der Waals surface area contributed by atoms with Crippen LogP contribution in [-0.2, 0) is 9.59 Å². The molecule has 0 aromatic heterocycles. The number of benzene rings is 1. The largest absolute Gasteiger partial charge is 0.352 e. The first kappa shape index (κ1) is 20.8. The number of halogens is 1. The summed E-state index contributed by atoms with van der Waals surface area (Å²) in [4.78, 5) is 40.0. The Morgan fingerprint density at radius 3 is 2.79 bits per heavy atom. The van der Waals surface area contributed by atoms with E-state index in [4.69, 9.17) is 0 Å². The Morgan fingerprint density at radius 1 is 1.36 bits per heavy atom. The summed E-state index contributed by atoms with van der Waals surface area (Å²) in [6, 6.07) is 4.28. The number of nitrogens with one attached hydrogen (secondary N) is 3. The van der Waals surface area contributed by atoms with Crippen molar-refractivity contribution in [2.75, 3.05) is 18.9 Å². The molecule has 28 heavy (non-hydrogen) atoms. The van der Waals surface area contributed by atoms with E-state index in [-0.39, 0.29) is 29.8 Å². The average Bonchev–Trinajstić information content (AvgIpc) is 2.75. The van der Waals surface area contributed by atoms with Crippen molar-refractivity contribution in [1.29, 1.82) is 0 Å². The van der Waals surface area contributed by atoms with Gasteiger partial charge in [0.1, 0.15) is 6.04 Å². The van der Waals surface area contributed by atoms with E-state index in [2.05, 4.69) is 45.7 Å². The highest BCUT2D eigenvalue weighted by Crippen LogP contribution is 2.30. The molecule has 1 saturated heterocycles. The third-order valence-electron chi connectivity index (χ3n) is 5.35. The lowest BCUT2D eigenvalue weighted by Crippen LogP contribution is -2.56. The van der Waals surface area contributed by atoms with Crippen molar-refractivity contribution >= 4 is 39.3 Å². The molecule has 1 aromatic rings. The van der Waals surface area contributed by atoms with Gasteiger partial charge in [-0.15, -0.1) is 0 Å². The van der Waals surface area contributed by atoms with Crippen molar-refractivity contribution < 1.29 is 14.4 Å². The van der Waals surface area contributed by atoms with Gasteiger partial charge in [0, 0.05) is 17.1 Å². The smallest absolute Gasteiger partial charge is 0.256 e. The molecule has 2 aliphatic heterocycles. The minimum atomic E-state index is -0.587. The molecule has 0 radical (unpaired) electrons. The number of amides is 3. The third-order valence-corrected chi connectivity index (χ3v) is 5.85. The Morgan fingerprint density at radius 2 is 2.11 bits per heavy atom. The van der Waals surface area contributed by atoms with Gasteiger partial charge in [-0.05, 0) is 50.4 Å². The Kier molecular flexibility index (Phi) is 6.40. The quantitative estimate of drug-likeness (QED) is 0.640. The molecule has 3 N–H and O–H groups in total. The van der Waals surface area contributed by atoms with E-state index < -0.39 is 6.04 Å². The van der Waals surface area contributed by atoms with Gasteiger partial charge in [-0.1, -0.05) is 29.8 Å². The van der Waals surface area contributed by atoms with Crippen LogP contribution in [0.1, 0.15) is 43.5 Å². The molecule has 1 fully saturated rings. The van der Waals surface area contributed by atoms with E-state index in [0.717, 1.165) is 10.9 Å². The zero-order valence-electron chi connectivity index (χ0n) is 16.4. The fraction of sp³-hybridized carbons (Fsp3) is 0.550. The minimum Gasteiger partial charge on any atom is -0.352 e. The van der Waals surface area contributed by atoms with Crippen molar-refractivity contribution in [3.63, 3.8) is 0 Å². The van der Waals surface area contributed by atoms with Gasteiger partial charge >= 0.3 is 0 Å². The number of piperidine rings is 1. The molecule has 3 atom stereocenters. The summed E-state index contributed by atoms with van der Waals surface area (Å²) in [7, 11) is 1.78. The Balaban J connectivity index is 1.72. The van der Waals surface area contributed by atoms with Gasteiger partial charge < -0.3 is 20.9 Å². The van der Waals surface area contributed by atoms with Crippen LogP contribution >= 0.6 is 15.9 Å². The number of nitrogens with zero attached hydrogens (tertiary/aromatic N) is 1. The van der Waals surface area contributed by atoms with Crippen LogP contribution in [0.15, 0.2) is 22.7 Å².